The molecule has 0 aliphatic carbocycles. The molecule has 2 aromatic heterocycles. The SMILES string of the molecule is COc1ccc(-c2cc(/C=N/NC(=O)c3ccco3)c3ccc4ccccc4c3n2)cc1. The third kappa shape index (κ3) is 3.70. The summed E-state index contributed by atoms with van der Waals surface area (Å²) >= 11 is 0. The molecule has 5 aromatic rings. The van der Waals surface area contributed by atoms with Crippen molar-refractivity contribution in [3.05, 3.63) is 96.4 Å². The van der Waals surface area contributed by atoms with Gasteiger partial charge in [-0.2, -0.15) is 5.10 Å². The lowest BCUT2D eigenvalue weighted by Crippen LogP contribution is -2.16. The van der Waals surface area contributed by atoms with Crippen molar-refractivity contribution >= 4 is 33.8 Å². The lowest BCUT2D eigenvalue weighted by atomic mass is 10.0. The molecule has 1 N–H and O–H groups in total. The van der Waals surface area contributed by atoms with E-state index in [1.807, 2.05) is 48.5 Å². The van der Waals surface area contributed by atoms with E-state index in [2.05, 4.69) is 28.7 Å². The molecule has 156 valence electrons. The second-order valence-electron chi connectivity index (χ2n) is 7.18. The molecular formula is C26H19N3O3. The van der Waals surface area contributed by atoms with E-state index in [4.69, 9.17) is 14.1 Å². The van der Waals surface area contributed by atoms with Crippen LogP contribution in [0.4, 0.5) is 0 Å². The molecule has 0 saturated carbocycles. The summed E-state index contributed by atoms with van der Waals surface area (Å²) in [5.74, 6) is 0.569. The maximum atomic E-state index is 12.1. The Morgan fingerprint density at radius 1 is 1.00 bits per heavy atom. The largest absolute Gasteiger partial charge is 0.497 e. The van der Waals surface area contributed by atoms with Gasteiger partial charge < -0.3 is 9.15 Å². The summed E-state index contributed by atoms with van der Waals surface area (Å²) in [4.78, 5) is 17.1. The zero-order valence-corrected chi connectivity index (χ0v) is 17.3. The first kappa shape index (κ1) is 19.5. The van der Waals surface area contributed by atoms with Crippen molar-refractivity contribution in [3.8, 4) is 17.0 Å². The number of hydrogen-bond donors (Lipinski definition) is 1. The van der Waals surface area contributed by atoms with Crippen LogP contribution >= 0.6 is 0 Å². The van der Waals surface area contributed by atoms with E-state index in [9.17, 15) is 4.79 Å². The topological polar surface area (TPSA) is 76.7 Å². The first-order valence-electron chi connectivity index (χ1n) is 10.1. The Hall–Kier alpha value is -4.45. The molecule has 6 nitrogen and oxygen atoms in total. The number of aromatic nitrogens is 1. The fraction of sp³-hybridized carbons (Fsp3) is 0.0385. The quantitative estimate of drug-likeness (QED) is 0.234. The minimum Gasteiger partial charge on any atom is -0.497 e. The van der Waals surface area contributed by atoms with Gasteiger partial charge in [-0.05, 0) is 47.9 Å². The number of nitrogens with zero attached hydrogens (tertiary/aromatic N) is 2. The zero-order chi connectivity index (χ0) is 21.9. The minimum absolute atomic E-state index is 0.201. The van der Waals surface area contributed by atoms with Crippen LogP contribution in [-0.2, 0) is 0 Å². The van der Waals surface area contributed by atoms with Gasteiger partial charge in [0.2, 0.25) is 0 Å². The molecule has 1 amide bonds. The Morgan fingerprint density at radius 2 is 1.84 bits per heavy atom. The van der Waals surface area contributed by atoms with Gasteiger partial charge in [-0.1, -0.05) is 36.4 Å². The van der Waals surface area contributed by atoms with Crippen LogP contribution in [0.1, 0.15) is 16.1 Å². The first-order valence-corrected chi connectivity index (χ1v) is 10.1. The second kappa shape index (κ2) is 8.35. The van der Waals surface area contributed by atoms with Crippen LogP contribution in [0, 0.1) is 0 Å². The molecule has 0 spiro atoms. The summed E-state index contributed by atoms with van der Waals surface area (Å²) in [5.41, 5.74) is 5.97. The number of ether oxygens (including phenoxy) is 1. The molecular weight excluding hydrogens is 402 g/mol. The number of hydrazone groups is 1. The van der Waals surface area contributed by atoms with Crippen molar-refractivity contribution < 1.29 is 13.9 Å². The Labute approximate surface area is 184 Å². The predicted molar refractivity (Wildman–Crippen MR) is 125 cm³/mol. The normalized spacial score (nSPS) is 11.3. The molecule has 0 aliphatic heterocycles. The number of furan rings is 1. The highest BCUT2D eigenvalue weighted by Gasteiger charge is 2.11. The van der Waals surface area contributed by atoms with Crippen molar-refractivity contribution in [2.24, 2.45) is 5.10 Å². The molecule has 5 rings (SSSR count). The Kier molecular flexibility index (Phi) is 5.09. The fourth-order valence-corrected chi connectivity index (χ4v) is 3.63. The second-order valence-corrected chi connectivity index (χ2v) is 7.18. The van der Waals surface area contributed by atoms with Crippen LogP contribution in [-0.4, -0.2) is 24.2 Å². The molecule has 0 radical (unpaired) electrons. The molecule has 0 fully saturated rings. The van der Waals surface area contributed by atoms with Crippen LogP contribution < -0.4 is 10.2 Å². The number of amides is 1. The summed E-state index contributed by atoms with van der Waals surface area (Å²) in [6.45, 7) is 0. The number of nitrogens with one attached hydrogen (secondary N) is 1. The van der Waals surface area contributed by atoms with Gasteiger partial charge in [0.05, 0.1) is 30.8 Å². The summed E-state index contributed by atoms with van der Waals surface area (Å²) < 4.78 is 10.4. The Morgan fingerprint density at radius 3 is 2.62 bits per heavy atom. The standard InChI is InChI=1S/C26H19N3O3/c1-31-20-11-8-18(9-12-20)23-15-19(16-27-29-26(30)24-7-4-14-32-24)22-13-10-17-5-2-3-6-21(17)25(22)28-23/h2-16H,1H3,(H,29,30)/b27-16+. The van der Waals surface area contributed by atoms with Gasteiger partial charge in [-0.15, -0.1) is 0 Å². The van der Waals surface area contributed by atoms with E-state index < -0.39 is 5.91 Å². The number of fused-ring (bicyclic) bond motifs is 3. The highest BCUT2D eigenvalue weighted by Crippen LogP contribution is 2.30. The summed E-state index contributed by atoms with van der Waals surface area (Å²) in [6, 6.07) is 25.2. The third-order valence-corrected chi connectivity index (χ3v) is 5.24. The van der Waals surface area contributed by atoms with Gasteiger partial charge in [0.1, 0.15) is 5.75 Å². The lowest BCUT2D eigenvalue weighted by Gasteiger charge is -2.10. The minimum atomic E-state index is -0.412. The molecule has 0 unspecified atom stereocenters. The molecule has 0 atom stereocenters. The van der Waals surface area contributed by atoms with Crippen molar-refractivity contribution in [2.45, 2.75) is 0 Å². The highest BCUT2D eigenvalue weighted by atomic mass is 16.5. The molecule has 0 saturated heterocycles. The number of pyridine rings is 1. The number of hydrogen-bond acceptors (Lipinski definition) is 5. The van der Waals surface area contributed by atoms with Gasteiger partial charge in [-0.25, -0.2) is 10.4 Å². The van der Waals surface area contributed by atoms with Crippen LogP contribution in [0.5, 0.6) is 5.75 Å². The molecule has 6 heteroatoms. The Bertz CT molecular complexity index is 1440. The van der Waals surface area contributed by atoms with Crippen LogP contribution in [0.2, 0.25) is 0 Å². The summed E-state index contributed by atoms with van der Waals surface area (Å²) in [6.07, 6.45) is 3.08. The molecule has 3 aromatic carbocycles. The van der Waals surface area contributed by atoms with Crippen molar-refractivity contribution in [2.75, 3.05) is 7.11 Å². The van der Waals surface area contributed by atoms with Gasteiger partial charge >= 0.3 is 5.91 Å². The van der Waals surface area contributed by atoms with Gasteiger partial charge in [0, 0.05) is 21.9 Å². The van der Waals surface area contributed by atoms with Crippen LogP contribution in [0.3, 0.4) is 0 Å². The number of carbonyl (C=O) groups is 1. The van der Waals surface area contributed by atoms with Crippen molar-refractivity contribution in [1.29, 1.82) is 0 Å². The molecule has 0 aliphatic rings. The number of carbonyl (C=O) groups excluding carboxylic acids is 1. The van der Waals surface area contributed by atoms with Gasteiger partial charge in [0.15, 0.2) is 5.76 Å². The monoisotopic (exact) mass is 421 g/mol. The lowest BCUT2D eigenvalue weighted by molar-refractivity contribution is 0.0927. The Balaban J connectivity index is 1.61. The summed E-state index contributed by atoms with van der Waals surface area (Å²) in [7, 11) is 1.64. The average molecular weight is 421 g/mol. The maximum Gasteiger partial charge on any atom is 0.307 e. The van der Waals surface area contributed by atoms with Crippen molar-refractivity contribution in [1.82, 2.24) is 10.4 Å². The van der Waals surface area contributed by atoms with Crippen LogP contribution in [0.25, 0.3) is 32.9 Å². The van der Waals surface area contributed by atoms with Crippen molar-refractivity contribution in [3.63, 3.8) is 0 Å². The van der Waals surface area contributed by atoms with E-state index in [0.717, 1.165) is 44.2 Å². The molecule has 0 bridgehead atoms. The van der Waals surface area contributed by atoms with E-state index in [0.29, 0.717) is 0 Å². The first-order chi connectivity index (χ1) is 15.7. The smallest absolute Gasteiger partial charge is 0.307 e. The molecule has 2 heterocycles. The number of benzene rings is 3. The predicted octanol–water partition coefficient (Wildman–Crippen LogP) is 5.42. The molecule has 32 heavy (non-hydrogen) atoms. The van der Waals surface area contributed by atoms with E-state index in [1.165, 1.54) is 6.26 Å². The fourth-order valence-electron chi connectivity index (χ4n) is 3.63. The average Bonchev–Trinajstić information content (AvgIpc) is 3.39. The summed E-state index contributed by atoms with van der Waals surface area (Å²) in [5, 5.41) is 7.25. The van der Waals surface area contributed by atoms with Gasteiger partial charge in [-0.3, -0.25) is 4.79 Å². The highest BCUT2D eigenvalue weighted by molar-refractivity contribution is 6.11. The van der Waals surface area contributed by atoms with Crippen LogP contribution in [0.15, 0.2) is 94.6 Å². The number of rotatable bonds is 5. The zero-order valence-electron chi connectivity index (χ0n) is 17.3. The number of methoxy groups -OCH3 is 1. The van der Waals surface area contributed by atoms with E-state index in [1.54, 1.807) is 25.5 Å². The third-order valence-electron chi connectivity index (χ3n) is 5.24. The van der Waals surface area contributed by atoms with Gasteiger partial charge in [0.25, 0.3) is 0 Å². The van der Waals surface area contributed by atoms with E-state index in [-0.39, 0.29) is 5.76 Å². The van der Waals surface area contributed by atoms with E-state index >= 15 is 0 Å². The maximum absolute atomic E-state index is 12.1.